The molecule has 0 spiro atoms. The third kappa shape index (κ3) is 7.64. The fraction of sp³-hybridized carbons (Fsp3) is 0.650. The molecule has 0 aliphatic heterocycles. The first-order chi connectivity index (χ1) is 12.8. The molecule has 7 heteroatoms. The quantitative estimate of drug-likeness (QED) is 0.587. The van der Waals surface area contributed by atoms with Crippen LogP contribution < -0.4 is 10.6 Å². The number of ether oxygens (including phenoxy) is 1. The second-order valence-electron chi connectivity index (χ2n) is 7.80. The molecule has 27 heavy (non-hydrogen) atoms. The van der Waals surface area contributed by atoms with E-state index in [-0.39, 0.29) is 23.3 Å². The lowest BCUT2D eigenvalue weighted by Gasteiger charge is -2.28. The summed E-state index contributed by atoms with van der Waals surface area (Å²) in [6, 6.07) is 0.0899. The van der Waals surface area contributed by atoms with Gasteiger partial charge in [0.1, 0.15) is 11.4 Å². The standard InChI is InChI=1S/C20H29ClN4O2/c1-5-11-22-17-15(13-23-18(21)25-17)10-9-14-7-6-8-16(12-14)24-19(26)27-20(2,3)4/h13-14,16H,5-8,11-12H2,1-4H3,(H,24,26)(H,22,23,25)/t14-,16-/m0/s1. The van der Waals surface area contributed by atoms with Gasteiger partial charge in [-0.15, -0.1) is 0 Å². The summed E-state index contributed by atoms with van der Waals surface area (Å²) in [7, 11) is 0. The summed E-state index contributed by atoms with van der Waals surface area (Å²) >= 11 is 5.90. The first-order valence-electron chi connectivity index (χ1n) is 9.54. The lowest BCUT2D eigenvalue weighted by atomic mass is 9.86. The zero-order valence-electron chi connectivity index (χ0n) is 16.6. The Labute approximate surface area is 166 Å². The van der Waals surface area contributed by atoms with Gasteiger partial charge in [-0.05, 0) is 58.1 Å². The zero-order valence-corrected chi connectivity index (χ0v) is 17.3. The molecule has 1 fully saturated rings. The Hall–Kier alpha value is -2.00. The number of carbonyl (C=O) groups excluding carboxylic acids is 1. The van der Waals surface area contributed by atoms with Gasteiger partial charge in [-0.3, -0.25) is 0 Å². The van der Waals surface area contributed by atoms with Crippen LogP contribution in [0.4, 0.5) is 10.6 Å². The number of hydrogen-bond donors (Lipinski definition) is 2. The highest BCUT2D eigenvalue weighted by atomic mass is 35.5. The lowest BCUT2D eigenvalue weighted by Crippen LogP contribution is -2.41. The van der Waals surface area contributed by atoms with E-state index in [0.29, 0.717) is 5.82 Å². The number of anilines is 1. The van der Waals surface area contributed by atoms with Crippen LogP contribution in [0.3, 0.4) is 0 Å². The molecule has 1 saturated carbocycles. The number of rotatable bonds is 4. The highest BCUT2D eigenvalue weighted by Crippen LogP contribution is 2.24. The van der Waals surface area contributed by atoms with Gasteiger partial charge in [-0.2, -0.15) is 4.98 Å². The van der Waals surface area contributed by atoms with Crippen molar-refractivity contribution < 1.29 is 9.53 Å². The van der Waals surface area contributed by atoms with Crippen molar-refractivity contribution in [1.29, 1.82) is 0 Å². The van der Waals surface area contributed by atoms with Crippen LogP contribution in [0.15, 0.2) is 6.20 Å². The van der Waals surface area contributed by atoms with Crippen molar-refractivity contribution in [3.63, 3.8) is 0 Å². The van der Waals surface area contributed by atoms with E-state index >= 15 is 0 Å². The van der Waals surface area contributed by atoms with Crippen LogP contribution in [0.1, 0.15) is 65.4 Å². The van der Waals surface area contributed by atoms with E-state index in [1.165, 1.54) is 0 Å². The van der Waals surface area contributed by atoms with E-state index < -0.39 is 5.60 Å². The van der Waals surface area contributed by atoms with E-state index in [1.807, 2.05) is 20.8 Å². The maximum absolute atomic E-state index is 12.0. The maximum atomic E-state index is 12.0. The van der Waals surface area contributed by atoms with E-state index in [2.05, 4.69) is 39.4 Å². The highest BCUT2D eigenvalue weighted by Gasteiger charge is 2.24. The third-order valence-corrected chi connectivity index (χ3v) is 4.29. The fourth-order valence-electron chi connectivity index (χ4n) is 2.94. The molecule has 2 rings (SSSR count). The smallest absolute Gasteiger partial charge is 0.407 e. The number of nitrogens with one attached hydrogen (secondary N) is 2. The first kappa shape index (κ1) is 21.3. The van der Waals surface area contributed by atoms with Crippen molar-refractivity contribution in [1.82, 2.24) is 15.3 Å². The largest absolute Gasteiger partial charge is 0.444 e. The van der Waals surface area contributed by atoms with E-state index in [9.17, 15) is 4.79 Å². The van der Waals surface area contributed by atoms with Gasteiger partial charge in [0.25, 0.3) is 0 Å². The number of carbonyl (C=O) groups is 1. The summed E-state index contributed by atoms with van der Waals surface area (Å²) in [6.07, 6.45) is 6.08. The SMILES string of the molecule is CCCNc1nc(Cl)ncc1C#C[C@@H]1CCC[C@H](NC(=O)OC(C)(C)C)C1. The molecule has 6 nitrogen and oxygen atoms in total. The Morgan fingerprint density at radius 1 is 1.41 bits per heavy atom. The molecule has 1 heterocycles. The monoisotopic (exact) mass is 392 g/mol. The second-order valence-corrected chi connectivity index (χ2v) is 8.14. The van der Waals surface area contributed by atoms with Crippen molar-refractivity contribution in [3.8, 4) is 11.8 Å². The van der Waals surface area contributed by atoms with Crippen LogP contribution in [0.25, 0.3) is 0 Å². The predicted octanol–water partition coefficient (Wildman–Crippen LogP) is 4.39. The molecule has 1 aliphatic carbocycles. The van der Waals surface area contributed by atoms with Gasteiger partial charge in [0.2, 0.25) is 5.28 Å². The van der Waals surface area contributed by atoms with Crippen LogP contribution in [0, 0.1) is 17.8 Å². The minimum Gasteiger partial charge on any atom is -0.444 e. The number of alkyl carbamates (subject to hydrolysis) is 1. The van der Waals surface area contributed by atoms with Crippen molar-refractivity contribution >= 4 is 23.5 Å². The van der Waals surface area contributed by atoms with Gasteiger partial charge in [0.15, 0.2) is 0 Å². The Bertz CT molecular complexity index is 706. The van der Waals surface area contributed by atoms with Crippen LogP contribution in [-0.4, -0.2) is 34.2 Å². The summed E-state index contributed by atoms with van der Waals surface area (Å²) in [4.78, 5) is 20.3. The van der Waals surface area contributed by atoms with Crippen LogP contribution in [0.2, 0.25) is 5.28 Å². The van der Waals surface area contributed by atoms with Crippen LogP contribution >= 0.6 is 11.6 Å². The van der Waals surface area contributed by atoms with Crippen LogP contribution in [-0.2, 0) is 4.74 Å². The summed E-state index contributed by atoms with van der Waals surface area (Å²) in [5.74, 6) is 7.40. The summed E-state index contributed by atoms with van der Waals surface area (Å²) in [5.41, 5.74) is 0.254. The minimum absolute atomic E-state index is 0.0899. The molecule has 148 valence electrons. The number of amides is 1. The van der Waals surface area contributed by atoms with Crippen LogP contribution in [0.5, 0.6) is 0 Å². The molecule has 0 saturated heterocycles. The maximum Gasteiger partial charge on any atom is 0.407 e. The van der Waals surface area contributed by atoms with Crippen molar-refractivity contribution in [2.75, 3.05) is 11.9 Å². The molecule has 2 N–H and O–H groups in total. The molecular weight excluding hydrogens is 364 g/mol. The van der Waals surface area contributed by atoms with Crippen molar-refractivity contribution in [3.05, 3.63) is 17.0 Å². The van der Waals surface area contributed by atoms with E-state index in [1.54, 1.807) is 6.20 Å². The van der Waals surface area contributed by atoms with Gasteiger partial charge in [-0.25, -0.2) is 9.78 Å². The average Bonchev–Trinajstić information content (AvgIpc) is 2.57. The molecule has 0 radical (unpaired) electrons. The molecule has 0 unspecified atom stereocenters. The van der Waals surface area contributed by atoms with Crippen molar-refractivity contribution in [2.24, 2.45) is 5.92 Å². The summed E-state index contributed by atoms with van der Waals surface area (Å²) < 4.78 is 5.35. The molecule has 1 aromatic heterocycles. The minimum atomic E-state index is -0.492. The van der Waals surface area contributed by atoms with E-state index in [0.717, 1.165) is 44.2 Å². The number of aromatic nitrogens is 2. The van der Waals surface area contributed by atoms with Gasteiger partial charge < -0.3 is 15.4 Å². The Morgan fingerprint density at radius 3 is 2.89 bits per heavy atom. The fourth-order valence-corrected chi connectivity index (χ4v) is 3.07. The Kier molecular flexibility index (Phi) is 7.73. The first-order valence-corrected chi connectivity index (χ1v) is 9.92. The van der Waals surface area contributed by atoms with Gasteiger partial charge in [0.05, 0.1) is 5.56 Å². The molecule has 1 aliphatic rings. The lowest BCUT2D eigenvalue weighted by molar-refractivity contribution is 0.0489. The van der Waals surface area contributed by atoms with E-state index in [4.69, 9.17) is 16.3 Å². The molecule has 0 bridgehead atoms. The van der Waals surface area contributed by atoms with Gasteiger partial charge >= 0.3 is 6.09 Å². The highest BCUT2D eigenvalue weighted by molar-refractivity contribution is 6.28. The Morgan fingerprint density at radius 2 is 2.19 bits per heavy atom. The third-order valence-electron chi connectivity index (χ3n) is 4.11. The van der Waals surface area contributed by atoms with Crippen molar-refractivity contribution in [2.45, 2.75) is 71.4 Å². The predicted molar refractivity (Wildman–Crippen MR) is 108 cm³/mol. The summed E-state index contributed by atoms with van der Waals surface area (Å²) in [6.45, 7) is 8.47. The number of halogens is 1. The average molecular weight is 393 g/mol. The molecule has 1 aromatic rings. The Balaban J connectivity index is 1.99. The second kappa shape index (κ2) is 9.80. The molecule has 2 atom stereocenters. The zero-order chi connectivity index (χ0) is 19.9. The van der Waals surface area contributed by atoms with Gasteiger partial charge in [0, 0.05) is 24.7 Å². The summed E-state index contributed by atoms with van der Waals surface area (Å²) in [5, 5.41) is 6.41. The topological polar surface area (TPSA) is 76.1 Å². The molecule has 0 aromatic carbocycles. The number of hydrogen-bond acceptors (Lipinski definition) is 5. The normalized spacial score (nSPS) is 19.6. The van der Waals surface area contributed by atoms with Gasteiger partial charge in [-0.1, -0.05) is 25.2 Å². The molecular formula is C20H29ClN4O2. The number of nitrogens with zero attached hydrogens (tertiary/aromatic N) is 2. The molecule has 1 amide bonds.